The number of carbonyl (C=O) groups is 1. The molecule has 16 heteroatoms. The number of thiophene rings is 1. The van der Waals surface area contributed by atoms with Crippen molar-refractivity contribution >= 4 is 82.4 Å². The fraction of sp³-hybridized carbons (Fsp3) is 0. The van der Waals surface area contributed by atoms with Crippen molar-refractivity contribution in [1.29, 1.82) is 0 Å². The van der Waals surface area contributed by atoms with Crippen molar-refractivity contribution < 1.29 is 19.6 Å². The molecule has 176 valence electrons. The van der Waals surface area contributed by atoms with Crippen molar-refractivity contribution in [1.82, 2.24) is 4.98 Å². The second-order valence-electron chi connectivity index (χ2n) is 6.66. The van der Waals surface area contributed by atoms with Gasteiger partial charge >= 0.3 is 5.00 Å². The van der Waals surface area contributed by atoms with Crippen LogP contribution in [0.3, 0.4) is 0 Å². The molecule has 35 heavy (non-hydrogen) atoms. The molecule has 0 radical (unpaired) electrons. The predicted octanol–water partition coefficient (Wildman–Crippen LogP) is 5.53. The average Bonchev–Trinajstić information content (AvgIpc) is 3.45. The minimum atomic E-state index is -0.919. The number of amides is 1. The van der Waals surface area contributed by atoms with Crippen LogP contribution in [0.1, 0.15) is 15.2 Å². The van der Waals surface area contributed by atoms with Gasteiger partial charge in [-0.15, -0.1) is 0 Å². The van der Waals surface area contributed by atoms with Crippen LogP contribution in [0.4, 0.5) is 21.5 Å². The van der Waals surface area contributed by atoms with Crippen molar-refractivity contribution in [2.75, 3.05) is 5.01 Å². The Kier molecular flexibility index (Phi) is 6.59. The monoisotopic (exact) mass is 576 g/mol. The van der Waals surface area contributed by atoms with Crippen molar-refractivity contribution in [2.45, 2.75) is 0 Å². The third-order valence-electron chi connectivity index (χ3n) is 4.38. The SMILES string of the molecule is O=C(c1cc([N+](=O)[O-])cc([N+](=O)[O-])c1)N(/N=C/c1ccc([N+](=O)[O-])s1)c1nc2ccc(Br)cc2s1. The summed E-state index contributed by atoms with van der Waals surface area (Å²) < 4.78 is 1.46. The summed E-state index contributed by atoms with van der Waals surface area (Å²) >= 11 is 5.25. The standard InChI is InChI=1S/C19H9BrN6O7S2/c20-11-1-3-15-16(7-11)35-19(22-15)23(21-9-14-2-4-17(34-14)26(32)33)18(27)10-5-12(24(28)29)8-13(6-10)25(30)31/h1-9H/b21-9+. The maximum atomic E-state index is 13.4. The first kappa shape index (κ1) is 24.0. The average molecular weight is 577 g/mol. The number of carbonyl (C=O) groups excluding carboxylic acids is 1. The fourth-order valence-electron chi connectivity index (χ4n) is 2.84. The molecule has 0 aliphatic heterocycles. The van der Waals surface area contributed by atoms with Gasteiger partial charge in [-0.1, -0.05) is 38.6 Å². The second-order valence-corrected chi connectivity index (χ2v) is 9.67. The van der Waals surface area contributed by atoms with Gasteiger partial charge in [0.05, 0.1) is 47.7 Å². The number of fused-ring (bicyclic) bond motifs is 1. The Bertz CT molecular complexity index is 1520. The highest BCUT2D eigenvalue weighted by atomic mass is 79.9. The number of hydrazone groups is 1. The molecule has 0 fully saturated rings. The van der Waals surface area contributed by atoms with Gasteiger partial charge in [0.2, 0.25) is 5.13 Å². The topological polar surface area (TPSA) is 175 Å². The number of aromatic nitrogens is 1. The number of nitro groups is 3. The smallest absolute Gasteiger partial charge is 0.267 e. The largest absolute Gasteiger partial charge is 0.324 e. The molecule has 1 amide bonds. The summed E-state index contributed by atoms with van der Waals surface area (Å²) in [6, 6.07) is 10.5. The van der Waals surface area contributed by atoms with Crippen molar-refractivity contribution in [3.8, 4) is 0 Å². The molecule has 0 saturated heterocycles. The molecule has 0 atom stereocenters. The van der Waals surface area contributed by atoms with E-state index in [9.17, 15) is 35.1 Å². The first-order valence-corrected chi connectivity index (χ1v) is 11.7. The van der Waals surface area contributed by atoms with E-state index in [1.807, 2.05) is 0 Å². The molecule has 2 aromatic carbocycles. The minimum absolute atomic E-state index is 0.0829. The summed E-state index contributed by atoms with van der Waals surface area (Å²) in [6.07, 6.45) is 1.20. The van der Waals surface area contributed by atoms with Gasteiger partial charge in [-0.3, -0.25) is 35.1 Å². The number of thiazole rings is 1. The number of halogens is 1. The Morgan fingerprint density at radius 1 is 0.943 bits per heavy atom. The van der Waals surface area contributed by atoms with Crippen molar-refractivity contribution in [2.24, 2.45) is 5.10 Å². The lowest BCUT2D eigenvalue weighted by atomic mass is 10.1. The highest BCUT2D eigenvalue weighted by molar-refractivity contribution is 9.10. The van der Waals surface area contributed by atoms with Crippen LogP contribution in [0.15, 0.2) is 58.1 Å². The first-order chi connectivity index (χ1) is 16.6. The summed E-state index contributed by atoms with van der Waals surface area (Å²) in [7, 11) is 0. The van der Waals surface area contributed by atoms with Crippen LogP contribution in [0, 0.1) is 30.3 Å². The number of nitro benzene ring substituents is 2. The van der Waals surface area contributed by atoms with E-state index in [-0.39, 0.29) is 15.7 Å². The number of non-ortho nitro benzene ring substituents is 2. The predicted molar refractivity (Wildman–Crippen MR) is 132 cm³/mol. The van der Waals surface area contributed by atoms with E-state index in [0.29, 0.717) is 15.1 Å². The normalized spacial score (nSPS) is 11.1. The first-order valence-electron chi connectivity index (χ1n) is 9.25. The lowest BCUT2D eigenvalue weighted by molar-refractivity contribution is -0.394. The summed E-state index contributed by atoms with van der Waals surface area (Å²) in [5.41, 5.74) is -1.11. The highest BCUT2D eigenvalue weighted by Crippen LogP contribution is 2.33. The zero-order valence-corrected chi connectivity index (χ0v) is 20.2. The molecule has 0 spiro atoms. The third kappa shape index (κ3) is 5.18. The molecule has 2 aromatic heterocycles. The van der Waals surface area contributed by atoms with E-state index in [1.54, 1.807) is 18.2 Å². The Balaban J connectivity index is 1.82. The third-order valence-corrected chi connectivity index (χ3v) is 6.84. The quantitative estimate of drug-likeness (QED) is 0.157. The summed E-state index contributed by atoms with van der Waals surface area (Å²) in [5.74, 6) is -0.919. The van der Waals surface area contributed by atoms with E-state index in [4.69, 9.17) is 0 Å². The lowest BCUT2D eigenvalue weighted by Crippen LogP contribution is -2.25. The van der Waals surface area contributed by atoms with Crippen molar-refractivity contribution in [3.63, 3.8) is 0 Å². The second kappa shape index (κ2) is 9.61. The molecule has 0 N–H and O–H groups in total. The van der Waals surface area contributed by atoms with Gasteiger partial charge < -0.3 is 0 Å². The molecule has 13 nitrogen and oxygen atoms in total. The molecule has 0 saturated carbocycles. The molecular formula is C19H9BrN6O7S2. The molecule has 0 aliphatic carbocycles. The van der Waals surface area contributed by atoms with Crippen LogP contribution >= 0.6 is 38.6 Å². The van der Waals surface area contributed by atoms with Crippen LogP contribution in [0.2, 0.25) is 0 Å². The molecule has 0 aliphatic rings. The molecule has 0 unspecified atom stereocenters. The highest BCUT2D eigenvalue weighted by Gasteiger charge is 2.26. The van der Waals surface area contributed by atoms with E-state index in [1.165, 1.54) is 18.3 Å². The number of benzene rings is 2. The van der Waals surface area contributed by atoms with Gasteiger partial charge in [0, 0.05) is 22.7 Å². The van der Waals surface area contributed by atoms with Gasteiger partial charge in [-0.05, 0) is 24.3 Å². The van der Waals surface area contributed by atoms with Crippen LogP contribution in [0.25, 0.3) is 10.2 Å². The summed E-state index contributed by atoms with van der Waals surface area (Å²) in [4.78, 5) is 49.3. The van der Waals surface area contributed by atoms with Gasteiger partial charge in [0.1, 0.15) is 0 Å². The maximum Gasteiger partial charge on any atom is 0.324 e. The summed E-state index contributed by atoms with van der Waals surface area (Å²) in [5, 5.41) is 38.4. The zero-order chi connectivity index (χ0) is 25.3. The van der Waals surface area contributed by atoms with Gasteiger partial charge in [0.15, 0.2) is 0 Å². The number of nitrogens with zero attached hydrogens (tertiary/aromatic N) is 6. The van der Waals surface area contributed by atoms with Gasteiger partial charge in [-0.2, -0.15) is 10.1 Å². The Morgan fingerprint density at radius 3 is 2.23 bits per heavy atom. The molecule has 0 bridgehead atoms. The van der Waals surface area contributed by atoms with Crippen LogP contribution < -0.4 is 5.01 Å². The number of hydrogen-bond acceptors (Lipinski definition) is 11. The van der Waals surface area contributed by atoms with E-state index < -0.39 is 32.1 Å². The maximum absolute atomic E-state index is 13.4. The number of hydrogen-bond donors (Lipinski definition) is 0. The van der Waals surface area contributed by atoms with E-state index in [2.05, 4.69) is 26.0 Å². The molecule has 4 rings (SSSR count). The minimum Gasteiger partial charge on any atom is -0.267 e. The Morgan fingerprint density at radius 2 is 1.63 bits per heavy atom. The fourth-order valence-corrected chi connectivity index (χ4v) is 5.00. The van der Waals surface area contributed by atoms with E-state index >= 15 is 0 Å². The van der Waals surface area contributed by atoms with Gasteiger partial charge in [0.25, 0.3) is 17.3 Å². The Labute approximate surface area is 210 Å². The van der Waals surface area contributed by atoms with Gasteiger partial charge in [-0.25, -0.2) is 4.98 Å². The Hall–Kier alpha value is -4.15. The molecular weight excluding hydrogens is 568 g/mol. The lowest BCUT2D eigenvalue weighted by Gasteiger charge is -2.13. The number of anilines is 1. The van der Waals surface area contributed by atoms with Crippen LogP contribution in [0.5, 0.6) is 0 Å². The van der Waals surface area contributed by atoms with E-state index in [0.717, 1.165) is 50.4 Å². The number of rotatable bonds is 7. The van der Waals surface area contributed by atoms with Crippen molar-refractivity contribution in [3.05, 3.63) is 93.8 Å². The molecule has 4 aromatic rings. The van der Waals surface area contributed by atoms with Crippen LogP contribution in [-0.4, -0.2) is 31.9 Å². The molecule has 2 heterocycles. The zero-order valence-electron chi connectivity index (χ0n) is 16.9. The summed E-state index contributed by atoms with van der Waals surface area (Å²) in [6.45, 7) is 0. The van der Waals surface area contributed by atoms with Crippen LogP contribution in [-0.2, 0) is 0 Å².